The average Bonchev–Trinajstić information content (AvgIpc) is 3.08. The molecule has 4 aromatic rings. The first kappa shape index (κ1) is 37.8. The van der Waals surface area contributed by atoms with Crippen molar-refractivity contribution in [2.45, 2.75) is 30.8 Å². The molecule has 244 valence electrons. The third-order valence-corrected chi connectivity index (χ3v) is 7.48. The van der Waals surface area contributed by atoms with Crippen LogP contribution in [0.5, 0.6) is 0 Å². The number of terminal acetylenes is 1. The van der Waals surface area contributed by atoms with E-state index in [-0.39, 0.29) is 24.1 Å². The average molecular weight is 652 g/mol. The van der Waals surface area contributed by atoms with Crippen LogP contribution in [0, 0.1) is 30.3 Å². The quantitative estimate of drug-likeness (QED) is 0.108. The summed E-state index contributed by atoms with van der Waals surface area (Å²) in [6.45, 7) is 4.42. The number of ether oxygens (including phenoxy) is 1. The third kappa shape index (κ3) is 14.2. The van der Waals surface area contributed by atoms with Gasteiger partial charge >= 0.3 is 0 Å². The normalized spacial score (nSPS) is 13.4. The number of benzene rings is 3. The van der Waals surface area contributed by atoms with Crippen LogP contribution in [0.4, 0.5) is 24.5 Å². The number of nitrogens with zero attached hydrogens (tertiary/aromatic N) is 1. The number of nitrogens with two attached hydrogens (primary N) is 2. The number of nitrogen functional groups attached to an aromatic ring is 1. The molecular formula is C35H40F3N5O2S. The number of rotatable bonds is 8. The Morgan fingerprint density at radius 1 is 1.02 bits per heavy atom. The van der Waals surface area contributed by atoms with E-state index in [1.807, 2.05) is 18.2 Å². The molecule has 0 bridgehead atoms. The second-order valence-corrected chi connectivity index (χ2v) is 10.9. The number of morpholine rings is 1. The predicted molar refractivity (Wildman–Crippen MR) is 181 cm³/mol. The minimum absolute atomic E-state index is 0.125. The predicted octanol–water partition coefficient (Wildman–Crippen LogP) is 5.83. The second kappa shape index (κ2) is 21.4. The van der Waals surface area contributed by atoms with Gasteiger partial charge in [0, 0.05) is 35.0 Å². The Kier molecular flexibility index (Phi) is 17.6. The van der Waals surface area contributed by atoms with Crippen LogP contribution in [0.1, 0.15) is 23.6 Å². The number of halogens is 3. The largest absolute Gasteiger partial charge is 0.399 e. The van der Waals surface area contributed by atoms with Crippen molar-refractivity contribution in [3.63, 3.8) is 0 Å². The summed E-state index contributed by atoms with van der Waals surface area (Å²) in [5.41, 5.74) is 14.5. The van der Waals surface area contributed by atoms with Gasteiger partial charge in [0.1, 0.15) is 17.5 Å². The van der Waals surface area contributed by atoms with Gasteiger partial charge in [-0.25, -0.2) is 13.2 Å². The van der Waals surface area contributed by atoms with Crippen LogP contribution < -0.4 is 22.1 Å². The van der Waals surface area contributed by atoms with E-state index in [0.29, 0.717) is 30.2 Å². The molecule has 0 unspecified atom stereocenters. The Morgan fingerprint density at radius 3 is 2.17 bits per heavy atom. The molecule has 0 spiro atoms. The van der Waals surface area contributed by atoms with E-state index in [1.54, 1.807) is 43.0 Å². The van der Waals surface area contributed by atoms with Crippen molar-refractivity contribution in [3.05, 3.63) is 119 Å². The van der Waals surface area contributed by atoms with E-state index in [4.69, 9.17) is 16.2 Å². The van der Waals surface area contributed by atoms with Crippen molar-refractivity contribution in [2.24, 2.45) is 5.73 Å². The minimum atomic E-state index is -0.415. The van der Waals surface area contributed by atoms with Crippen molar-refractivity contribution >= 4 is 29.0 Å². The summed E-state index contributed by atoms with van der Waals surface area (Å²) in [4.78, 5) is 15.8. The zero-order chi connectivity index (χ0) is 33.7. The Morgan fingerprint density at radius 2 is 1.65 bits per heavy atom. The summed E-state index contributed by atoms with van der Waals surface area (Å²) < 4.78 is 44.0. The molecule has 5 rings (SSSR count). The van der Waals surface area contributed by atoms with E-state index in [2.05, 4.69) is 34.5 Å². The van der Waals surface area contributed by atoms with Crippen molar-refractivity contribution in [3.8, 4) is 12.8 Å². The number of pyridine rings is 1. The van der Waals surface area contributed by atoms with E-state index in [9.17, 15) is 18.0 Å². The lowest BCUT2D eigenvalue weighted by Gasteiger charge is -2.23. The van der Waals surface area contributed by atoms with Gasteiger partial charge in [0.05, 0.1) is 37.3 Å². The van der Waals surface area contributed by atoms with Gasteiger partial charge in [0.25, 0.3) is 0 Å². The molecule has 1 aliphatic heterocycles. The lowest BCUT2D eigenvalue weighted by molar-refractivity contribution is -0.114. The van der Waals surface area contributed by atoms with Gasteiger partial charge in [0.15, 0.2) is 0 Å². The van der Waals surface area contributed by atoms with Crippen LogP contribution in [-0.4, -0.2) is 49.0 Å². The number of anilines is 2. The van der Waals surface area contributed by atoms with Crippen LogP contribution in [0.25, 0.3) is 0 Å². The van der Waals surface area contributed by atoms with Gasteiger partial charge in [-0.1, -0.05) is 37.3 Å². The van der Waals surface area contributed by atoms with E-state index in [1.165, 1.54) is 35.4 Å². The fourth-order valence-electron chi connectivity index (χ4n) is 4.09. The van der Waals surface area contributed by atoms with Crippen molar-refractivity contribution in [1.29, 1.82) is 0 Å². The number of aromatic nitrogens is 1. The van der Waals surface area contributed by atoms with Crippen molar-refractivity contribution < 1.29 is 22.7 Å². The van der Waals surface area contributed by atoms with Crippen LogP contribution >= 0.6 is 11.8 Å². The monoisotopic (exact) mass is 651 g/mol. The summed E-state index contributed by atoms with van der Waals surface area (Å²) in [6, 6.07) is 20.6. The maximum Gasteiger partial charge on any atom is 0.238 e. The molecule has 11 heteroatoms. The molecule has 1 amide bonds. The van der Waals surface area contributed by atoms with E-state index < -0.39 is 5.82 Å². The molecule has 0 radical (unpaired) electrons. The van der Waals surface area contributed by atoms with Gasteiger partial charge in [-0.05, 0) is 66.4 Å². The number of amides is 1. The molecule has 0 aliphatic carbocycles. The zero-order valence-electron chi connectivity index (χ0n) is 25.7. The summed E-state index contributed by atoms with van der Waals surface area (Å²) in [5, 5.41) is 5.80. The number of hydrogen-bond acceptors (Lipinski definition) is 7. The number of hydrogen-bond donors (Lipinski definition) is 4. The summed E-state index contributed by atoms with van der Waals surface area (Å²) in [6.07, 6.45) is 12.0. The molecule has 1 aliphatic rings. The highest BCUT2D eigenvalue weighted by Crippen LogP contribution is 2.22. The van der Waals surface area contributed by atoms with Crippen LogP contribution in [0.2, 0.25) is 0 Å². The number of carbonyl (C=O) groups excluding carboxylic acids is 1. The molecule has 7 nitrogen and oxygen atoms in total. The second-order valence-electron chi connectivity index (χ2n) is 9.76. The molecule has 46 heavy (non-hydrogen) atoms. The van der Waals surface area contributed by atoms with Gasteiger partial charge in [-0.2, -0.15) is 0 Å². The van der Waals surface area contributed by atoms with E-state index in [0.717, 1.165) is 48.5 Å². The zero-order valence-corrected chi connectivity index (χ0v) is 26.5. The number of nitrogens with one attached hydrogen (secondary N) is 2. The first-order valence-electron chi connectivity index (χ1n) is 14.5. The van der Waals surface area contributed by atoms with Crippen molar-refractivity contribution in [2.75, 3.05) is 43.0 Å². The van der Waals surface area contributed by atoms with Gasteiger partial charge in [-0.3, -0.25) is 9.78 Å². The van der Waals surface area contributed by atoms with Gasteiger partial charge in [0.2, 0.25) is 5.91 Å². The number of thioether (sulfide) groups is 1. The highest BCUT2D eigenvalue weighted by Gasteiger charge is 2.13. The molecule has 2 heterocycles. The smallest absolute Gasteiger partial charge is 0.238 e. The van der Waals surface area contributed by atoms with Gasteiger partial charge in [-0.15, -0.1) is 24.6 Å². The lowest BCUT2D eigenvalue weighted by atomic mass is 10.1. The molecule has 1 saturated heterocycles. The molecular weight excluding hydrogens is 611 g/mol. The lowest BCUT2D eigenvalue weighted by Crippen LogP contribution is -2.39. The standard InChI is InChI=1S/C13H10F2.C11H16N2OS.C9H12FN3O.C2H2/c14-12-5-1-10(2-6-12)9-11-3-7-13(15)8-4-11;12-9-2-1-3-11(6-9)15-8-10-7-13-4-5-14-10;1-2-6-7(10)4-12-5-8(6)13-9(14)3-11;1-2/h1-8H,9H2;1-3,6,10,13H,4-5,7-8,12H2;4-5H,2-3,11H2,1H3,(H,13,14);1-2H/t;10-;;/m.0../s1. The first-order valence-corrected chi connectivity index (χ1v) is 15.5. The molecule has 3 aromatic carbocycles. The maximum atomic E-state index is 13.2. The topological polar surface area (TPSA) is 115 Å². The fourth-order valence-corrected chi connectivity index (χ4v) is 5.08. The molecule has 1 aromatic heterocycles. The van der Waals surface area contributed by atoms with Crippen LogP contribution in [-0.2, 0) is 22.4 Å². The maximum absolute atomic E-state index is 13.2. The van der Waals surface area contributed by atoms with Gasteiger partial charge < -0.3 is 26.8 Å². The van der Waals surface area contributed by atoms with Crippen molar-refractivity contribution in [1.82, 2.24) is 10.3 Å². The fraction of sp³-hybridized carbons (Fsp3) is 0.257. The molecule has 0 saturated carbocycles. The molecule has 1 atom stereocenters. The highest BCUT2D eigenvalue weighted by molar-refractivity contribution is 7.99. The Balaban J connectivity index is 0.000000234. The molecule has 1 fully saturated rings. The third-order valence-electron chi connectivity index (χ3n) is 6.35. The van der Waals surface area contributed by atoms with E-state index >= 15 is 0 Å². The minimum Gasteiger partial charge on any atom is -0.399 e. The summed E-state index contributed by atoms with van der Waals surface area (Å²) >= 11 is 1.80. The van der Waals surface area contributed by atoms with Crippen LogP contribution in [0.3, 0.4) is 0 Å². The Bertz CT molecular complexity index is 1440. The SMILES string of the molecule is C#C.CCc1c(F)cncc1NC(=O)CN.Fc1ccc(Cc2ccc(F)cc2)cc1.Nc1cccc(SC[C@@H]2CNCCO2)c1. The molecule has 6 N–H and O–H groups in total. The summed E-state index contributed by atoms with van der Waals surface area (Å²) in [7, 11) is 0. The number of carbonyl (C=O) groups is 1. The van der Waals surface area contributed by atoms with Crippen LogP contribution in [0.15, 0.2) is 90.1 Å². The first-order chi connectivity index (χ1) is 22.3. The Hall–Kier alpha value is -4.34. The highest BCUT2D eigenvalue weighted by atomic mass is 32.2. The Labute approximate surface area is 273 Å². The summed E-state index contributed by atoms with van der Waals surface area (Å²) in [5.74, 6) is -0.263.